The maximum absolute atomic E-state index is 14.3. The lowest BCUT2D eigenvalue weighted by Gasteiger charge is -2.12. The summed E-state index contributed by atoms with van der Waals surface area (Å²) >= 11 is 3.17. The van der Waals surface area contributed by atoms with Gasteiger partial charge in [-0.3, -0.25) is 0 Å². The summed E-state index contributed by atoms with van der Waals surface area (Å²) in [6, 6.07) is 5.74. The van der Waals surface area contributed by atoms with Gasteiger partial charge in [0.25, 0.3) is 5.88 Å². The molecule has 0 radical (unpaired) electrons. The van der Waals surface area contributed by atoms with Crippen LogP contribution < -0.4 is 10.1 Å². The molecular formula is C15H15BrF2N2O. The van der Waals surface area contributed by atoms with E-state index in [0.29, 0.717) is 22.3 Å². The summed E-state index contributed by atoms with van der Waals surface area (Å²) < 4.78 is 33.1. The van der Waals surface area contributed by atoms with Gasteiger partial charge in [-0.1, -0.05) is 13.8 Å². The van der Waals surface area contributed by atoms with Crippen molar-refractivity contribution in [3.05, 3.63) is 52.1 Å². The molecule has 112 valence electrons. The molecule has 0 amide bonds. The van der Waals surface area contributed by atoms with Crippen LogP contribution in [-0.4, -0.2) is 11.0 Å². The number of pyridine rings is 1. The Morgan fingerprint density at radius 1 is 1.29 bits per heavy atom. The van der Waals surface area contributed by atoms with E-state index >= 15 is 0 Å². The molecule has 1 heterocycles. The molecule has 0 fully saturated rings. The van der Waals surface area contributed by atoms with E-state index in [9.17, 15) is 8.78 Å². The van der Waals surface area contributed by atoms with E-state index in [-0.39, 0.29) is 11.9 Å². The standard InChI is InChI=1S/C15H15BrF2N2O/c1-9(2)20-8-10-5-6-19-15(14(10)18)21-13-4-3-11(17)7-12(13)16/h3-7,9,20H,8H2,1-2H3. The molecule has 21 heavy (non-hydrogen) atoms. The van der Waals surface area contributed by atoms with Crippen molar-refractivity contribution in [3.63, 3.8) is 0 Å². The number of aromatic nitrogens is 1. The van der Waals surface area contributed by atoms with E-state index < -0.39 is 11.6 Å². The highest BCUT2D eigenvalue weighted by atomic mass is 79.9. The monoisotopic (exact) mass is 356 g/mol. The first-order valence-electron chi connectivity index (χ1n) is 6.47. The van der Waals surface area contributed by atoms with Gasteiger partial charge < -0.3 is 10.1 Å². The zero-order valence-corrected chi connectivity index (χ0v) is 13.2. The Balaban J connectivity index is 2.22. The summed E-state index contributed by atoms with van der Waals surface area (Å²) in [7, 11) is 0. The first-order chi connectivity index (χ1) is 9.97. The molecule has 0 aliphatic heterocycles. The average Bonchev–Trinajstić information content (AvgIpc) is 2.42. The van der Waals surface area contributed by atoms with E-state index in [2.05, 4.69) is 26.2 Å². The summed E-state index contributed by atoms with van der Waals surface area (Å²) in [5.41, 5.74) is 0.465. The van der Waals surface area contributed by atoms with Crippen molar-refractivity contribution in [2.75, 3.05) is 0 Å². The van der Waals surface area contributed by atoms with Crippen LogP contribution in [0.25, 0.3) is 0 Å². The predicted octanol–water partition coefficient (Wildman–Crippen LogP) is 4.41. The molecule has 0 spiro atoms. The number of hydrogen-bond donors (Lipinski definition) is 1. The lowest BCUT2D eigenvalue weighted by atomic mass is 10.2. The summed E-state index contributed by atoms with van der Waals surface area (Å²) in [5.74, 6) is -0.762. The summed E-state index contributed by atoms with van der Waals surface area (Å²) in [4.78, 5) is 3.89. The molecule has 0 unspecified atom stereocenters. The van der Waals surface area contributed by atoms with Crippen molar-refractivity contribution in [2.24, 2.45) is 0 Å². The Labute approximate surface area is 130 Å². The van der Waals surface area contributed by atoms with E-state index in [1.54, 1.807) is 6.07 Å². The Kier molecular flexibility index (Phi) is 5.25. The van der Waals surface area contributed by atoms with Gasteiger partial charge in [-0.2, -0.15) is 0 Å². The van der Waals surface area contributed by atoms with Gasteiger partial charge in [-0.05, 0) is 40.2 Å². The van der Waals surface area contributed by atoms with E-state index in [4.69, 9.17) is 4.74 Å². The SMILES string of the molecule is CC(C)NCc1ccnc(Oc2ccc(F)cc2Br)c1F. The third-order valence-corrected chi connectivity index (χ3v) is 3.36. The summed E-state index contributed by atoms with van der Waals surface area (Å²) in [6.07, 6.45) is 1.48. The molecule has 0 aliphatic rings. The molecule has 6 heteroatoms. The van der Waals surface area contributed by atoms with Crippen LogP contribution in [0.3, 0.4) is 0 Å². The molecule has 0 saturated carbocycles. The van der Waals surface area contributed by atoms with Gasteiger partial charge in [0, 0.05) is 24.3 Å². The number of rotatable bonds is 5. The summed E-state index contributed by atoms with van der Waals surface area (Å²) in [5, 5.41) is 3.13. The Morgan fingerprint density at radius 3 is 2.71 bits per heavy atom. The zero-order valence-electron chi connectivity index (χ0n) is 11.7. The second-order valence-electron chi connectivity index (χ2n) is 4.80. The molecule has 0 atom stereocenters. The highest BCUT2D eigenvalue weighted by Crippen LogP contribution is 2.31. The smallest absolute Gasteiger partial charge is 0.256 e. The largest absolute Gasteiger partial charge is 0.435 e. The first kappa shape index (κ1) is 15.9. The van der Waals surface area contributed by atoms with E-state index in [1.165, 1.54) is 24.4 Å². The van der Waals surface area contributed by atoms with Crippen LogP contribution in [0, 0.1) is 11.6 Å². The van der Waals surface area contributed by atoms with Gasteiger partial charge in [0.2, 0.25) is 0 Å². The number of nitrogens with zero attached hydrogens (tertiary/aromatic N) is 1. The molecule has 3 nitrogen and oxygen atoms in total. The van der Waals surface area contributed by atoms with E-state index in [1.807, 2.05) is 13.8 Å². The number of hydrogen-bond acceptors (Lipinski definition) is 3. The van der Waals surface area contributed by atoms with Gasteiger partial charge in [-0.25, -0.2) is 13.8 Å². The Morgan fingerprint density at radius 2 is 2.05 bits per heavy atom. The molecule has 1 aromatic carbocycles. The van der Waals surface area contributed by atoms with Gasteiger partial charge in [0.05, 0.1) is 4.47 Å². The first-order valence-corrected chi connectivity index (χ1v) is 7.26. The second kappa shape index (κ2) is 6.95. The quantitative estimate of drug-likeness (QED) is 0.861. The molecule has 0 bridgehead atoms. The third-order valence-electron chi connectivity index (χ3n) is 2.74. The second-order valence-corrected chi connectivity index (χ2v) is 5.66. The van der Waals surface area contributed by atoms with Crippen LogP contribution in [0.1, 0.15) is 19.4 Å². The fraction of sp³-hybridized carbons (Fsp3) is 0.267. The van der Waals surface area contributed by atoms with Crippen LogP contribution in [0.15, 0.2) is 34.9 Å². The topological polar surface area (TPSA) is 34.2 Å². The minimum absolute atomic E-state index is 0.134. The Bertz CT molecular complexity index is 635. The summed E-state index contributed by atoms with van der Waals surface area (Å²) in [6.45, 7) is 4.34. The number of ether oxygens (including phenoxy) is 1. The highest BCUT2D eigenvalue weighted by Gasteiger charge is 2.13. The van der Waals surface area contributed by atoms with Gasteiger partial charge >= 0.3 is 0 Å². The molecule has 0 aliphatic carbocycles. The predicted molar refractivity (Wildman–Crippen MR) is 80.3 cm³/mol. The lowest BCUT2D eigenvalue weighted by Crippen LogP contribution is -2.22. The average molecular weight is 357 g/mol. The minimum atomic E-state index is -0.526. The fourth-order valence-corrected chi connectivity index (χ4v) is 2.08. The molecule has 0 saturated heterocycles. The van der Waals surface area contributed by atoms with Crippen LogP contribution >= 0.6 is 15.9 Å². The van der Waals surface area contributed by atoms with Crippen LogP contribution in [0.5, 0.6) is 11.6 Å². The lowest BCUT2D eigenvalue weighted by molar-refractivity contribution is 0.413. The molecule has 1 aromatic heterocycles. The maximum Gasteiger partial charge on any atom is 0.256 e. The van der Waals surface area contributed by atoms with Crippen molar-refractivity contribution < 1.29 is 13.5 Å². The van der Waals surface area contributed by atoms with Gasteiger partial charge in [0.15, 0.2) is 5.82 Å². The normalized spacial score (nSPS) is 11.0. The van der Waals surface area contributed by atoms with Crippen molar-refractivity contribution >= 4 is 15.9 Å². The molecule has 2 rings (SSSR count). The number of halogens is 3. The van der Waals surface area contributed by atoms with Crippen molar-refractivity contribution in [2.45, 2.75) is 26.4 Å². The number of benzene rings is 1. The van der Waals surface area contributed by atoms with Crippen LogP contribution in [0.2, 0.25) is 0 Å². The van der Waals surface area contributed by atoms with Crippen molar-refractivity contribution in [3.8, 4) is 11.6 Å². The minimum Gasteiger partial charge on any atom is -0.435 e. The zero-order chi connectivity index (χ0) is 15.4. The van der Waals surface area contributed by atoms with Crippen molar-refractivity contribution in [1.82, 2.24) is 10.3 Å². The Hall–Kier alpha value is -1.53. The van der Waals surface area contributed by atoms with Crippen molar-refractivity contribution in [1.29, 1.82) is 0 Å². The fourth-order valence-electron chi connectivity index (χ4n) is 1.65. The molecular weight excluding hydrogens is 342 g/mol. The molecule has 2 aromatic rings. The maximum atomic E-state index is 14.3. The van der Waals surface area contributed by atoms with E-state index in [0.717, 1.165) is 0 Å². The van der Waals surface area contributed by atoms with Gasteiger partial charge in [-0.15, -0.1) is 0 Å². The number of nitrogens with one attached hydrogen (secondary N) is 1. The van der Waals surface area contributed by atoms with Crippen LogP contribution in [0.4, 0.5) is 8.78 Å². The molecule has 1 N–H and O–H groups in total. The van der Waals surface area contributed by atoms with Gasteiger partial charge in [0.1, 0.15) is 11.6 Å². The van der Waals surface area contributed by atoms with Crippen LogP contribution in [-0.2, 0) is 6.54 Å². The highest BCUT2D eigenvalue weighted by molar-refractivity contribution is 9.10. The third kappa shape index (κ3) is 4.22.